The van der Waals surface area contributed by atoms with Gasteiger partial charge in [0.25, 0.3) is 0 Å². The van der Waals surface area contributed by atoms with Crippen molar-refractivity contribution in [2.24, 2.45) is 0 Å². The second-order valence-corrected chi connectivity index (χ2v) is 5.27. The van der Waals surface area contributed by atoms with E-state index in [2.05, 4.69) is 15.9 Å². The van der Waals surface area contributed by atoms with Crippen molar-refractivity contribution in [3.8, 4) is 5.75 Å². The standard InChI is InChI=1S/C14H10BrClF2O/c1-19-10-6-11(17)13(12(18)7-10)14(15)8-2-4-9(16)5-3-8/h2-7,14H,1H3. The minimum absolute atomic E-state index is 0.0527. The van der Waals surface area contributed by atoms with Gasteiger partial charge in [-0.2, -0.15) is 0 Å². The molecule has 1 unspecified atom stereocenters. The van der Waals surface area contributed by atoms with Crippen molar-refractivity contribution >= 4 is 27.5 Å². The Bertz CT molecular complexity index is 563. The highest BCUT2D eigenvalue weighted by atomic mass is 79.9. The first-order valence-electron chi connectivity index (χ1n) is 5.45. The molecule has 0 aliphatic heterocycles. The third-order valence-corrected chi connectivity index (χ3v) is 3.94. The van der Waals surface area contributed by atoms with E-state index in [0.717, 1.165) is 12.1 Å². The summed E-state index contributed by atoms with van der Waals surface area (Å²) >= 11 is 9.09. The van der Waals surface area contributed by atoms with Crippen molar-refractivity contribution in [2.45, 2.75) is 4.83 Å². The number of alkyl halides is 1. The van der Waals surface area contributed by atoms with Gasteiger partial charge in [-0.3, -0.25) is 0 Å². The van der Waals surface area contributed by atoms with Crippen molar-refractivity contribution in [3.63, 3.8) is 0 Å². The van der Waals surface area contributed by atoms with Crippen LogP contribution in [0.2, 0.25) is 5.02 Å². The zero-order valence-electron chi connectivity index (χ0n) is 9.96. The van der Waals surface area contributed by atoms with Gasteiger partial charge in [0, 0.05) is 22.7 Å². The smallest absolute Gasteiger partial charge is 0.134 e. The molecule has 0 fully saturated rings. The van der Waals surface area contributed by atoms with Gasteiger partial charge in [-0.05, 0) is 17.7 Å². The quantitative estimate of drug-likeness (QED) is 0.701. The maximum atomic E-state index is 13.9. The van der Waals surface area contributed by atoms with E-state index in [1.807, 2.05) is 0 Å². The number of halogens is 4. The van der Waals surface area contributed by atoms with E-state index in [9.17, 15) is 8.78 Å². The van der Waals surface area contributed by atoms with Crippen LogP contribution in [0.4, 0.5) is 8.78 Å². The Kier molecular flexibility index (Phi) is 4.42. The monoisotopic (exact) mass is 346 g/mol. The summed E-state index contributed by atoms with van der Waals surface area (Å²) in [5.41, 5.74) is 0.662. The predicted octanol–water partition coefficient (Wildman–Crippen LogP) is 5.11. The SMILES string of the molecule is COc1cc(F)c(C(Br)c2ccc(Cl)cc2)c(F)c1. The van der Waals surface area contributed by atoms with Crippen molar-refractivity contribution in [1.29, 1.82) is 0 Å². The summed E-state index contributed by atoms with van der Waals surface area (Å²) in [5, 5.41) is 0.569. The van der Waals surface area contributed by atoms with Gasteiger partial charge >= 0.3 is 0 Å². The van der Waals surface area contributed by atoms with E-state index in [4.69, 9.17) is 16.3 Å². The van der Waals surface area contributed by atoms with E-state index in [0.29, 0.717) is 10.6 Å². The molecule has 100 valence electrons. The Hall–Kier alpha value is -1.13. The lowest BCUT2D eigenvalue weighted by Gasteiger charge is -2.14. The van der Waals surface area contributed by atoms with Crippen molar-refractivity contribution in [1.82, 2.24) is 0 Å². The second kappa shape index (κ2) is 5.88. The number of rotatable bonds is 3. The van der Waals surface area contributed by atoms with E-state index >= 15 is 0 Å². The average Bonchev–Trinajstić information content (AvgIpc) is 2.38. The highest BCUT2D eigenvalue weighted by Crippen LogP contribution is 2.36. The van der Waals surface area contributed by atoms with Crippen LogP contribution in [-0.2, 0) is 0 Å². The van der Waals surface area contributed by atoms with Crippen LogP contribution in [0.3, 0.4) is 0 Å². The maximum Gasteiger partial charge on any atom is 0.134 e. The Morgan fingerprint density at radius 1 is 1.11 bits per heavy atom. The molecule has 0 aromatic heterocycles. The van der Waals surface area contributed by atoms with Gasteiger partial charge in [-0.15, -0.1) is 0 Å². The molecule has 1 atom stereocenters. The molecule has 0 aliphatic rings. The molecule has 0 radical (unpaired) electrons. The molecule has 19 heavy (non-hydrogen) atoms. The first kappa shape index (κ1) is 14.3. The van der Waals surface area contributed by atoms with E-state index in [1.165, 1.54) is 7.11 Å². The first-order chi connectivity index (χ1) is 9.02. The van der Waals surface area contributed by atoms with E-state index in [-0.39, 0.29) is 11.3 Å². The van der Waals surface area contributed by atoms with Gasteiger partial charge in [-0.1, -0.05) is 39.7 Å². The summed E-state index contributed by atoms with van der Waals surface area (Å²) in [7, 11) is 1.36. The summed E-state index contributed by atoms with van der Waals surface area (Å²) in [6.45, 7) is 0. The molecule has 5 heteroatoms. The summed E-state index contributed by atoms with van der Waals surface area (Å²) < 4.78 is 32.7. The van der Waals surface area contributed by atoms with Crippen LogP contribution in [-0.4, -0.2) is 7.11 Å². The molecule has 0 N–H and O–H groups in total. The lowest BCUT2D eigenvalue weighted by molar-refractivity contribution is 0.405. The minimum Gasteiger partial charge on any atom is -0.497 e. The van der Waals surface area contributed by atoms with Crippen molar-refractivity contribution in [3.05, 3.63) is 64.2 Å². The zero-order chi connectivity index (χ0) is 14.0. The fourth-order valence-electron chi connectivity index (χ4n) is 1.72. The molecule has 1 nitrogen and oxygen atoms in total. The summed E-state index contributed by atoms with van der Waals surface area (Å²) in [6, 6.07) is 9.08. The summed E-state index contributed by atoms with van der Waals surface area (Å²) in [6.07, 6.45) is 0. The molecule has 2 aromatic carbocycles. The highest BCUT2D eigenvalue weighted by molar-refractivity contribution is 9.09. The van der Waals surface area contributed by atoms with Crippen LogP contribution in [0.1, 0.15) is 16.0 Å². The molecule has 0 bridgehead atoms. The number of hydrogen-bond acceptors (Lipinski definition) is 1. The van der Waals surface area contributed by atoms with E-state index in [1.54, 1.807) is 24.3 Å². The zero-order valence-corrected chi connectivity index (χ0v) is 12.3. The third-order valence-electron chi connectivity index (χ3n) is 2.70. The molecule has 0 heterocycles. The Morgan fingerprint density at radius 3 is 2.11 bits per heavy atom. The van der Waals surface area contributed by atoms with Crippen LogP contribution in [0, 0.1) is 11.6 Å². The van der Waals surface area contributed by atoms with Gasteiger partial charge in [0.05, 0.1) is 11.9 Å². The van der Waals surface area contributed by atoms with Gasteiger partial charge in [-0.25, -0.2) is 8.78 Å². The molecule has 0 amide bonds. The maximum absolute atomic E-state index is 13.9. The lowest BCUT2D eigenvalue weighted by Crippen LogP contribution is -2.01. The molecular formula is C14H10BrClF2O. The fourth-order valence-corrected chi connectivity index (χ4v) is 2.59. The average molecular weight is 348 g/mol. The first-order valence-corrected chi connectivity index (χ1v) is 6.74. The molecule has 0 aliphatic carbocycles. The van der Waals surface area contributed by atoms with E-state index < -0.39 is 16.5 Å². The number of ether oxygens (including phenoxy) is 1. The molecular weight excluding hydrogens is 338 g/mol. The lowest BCUT2D eigenvalue weighted by atomic mass is 10.0. The number of hydrogen-bond donors (Lipinski definition) is 0. The van der Waals surface area contributed by atoms with Crippen molar-refractivity contribution < 1.29 is 13.5 Å². The molecule has 0 saturated heterocycles. The molecule has 0 spiro atoms. The third kappa shape index (κ3) is 3.07. The van der Waals surface area contributed by atoms with Gasteiger partial charge < -0.3 is 4.74 Å². The fraction of sp³-hybridized carbons (Fsp3) is 0.143. The van der Waals surface area contributed by atoms with Crippen LogP contribution < -0.4 is 4.74 Å². The Balaban J connectivity index is 2.44. The molecule has 2 rings (SSSR count). The molecule has 2 aromatic rings. The topological polar surface area (TPSA) is 9.23 Å². The predicted molar refractivity (Wildman–Crippen MR) is 75.1 cm³/mol. The number of benzene rings is 2. The highest BCUT2D eigenvalue weighted by Gasteiger charge is 2.20. The summed E-state index contributed by atoms with van der Waals surface area (Å²) in [5.74, 6) is -1.17. The number of methoxy groups -OCH3 is 1. The Morgan fingerprint density at radius 2 is 1.63 bits per heavy atom. The van der Waals surface area contributed by atoms with Crippen LogP contribution in [0.5, 0.6) is 5.75 Å². The summed E-state index contributed by atoms with van der Waals surface area (Å²) in [4.78, 5) is -0.587. The van der Waals surface area contributed by atoms with Gasteiger partial charge in [0.15, 0.2) is 0 Å². The van der Waals surface area contributed by atoms with Crippen LogP contribution >= 0.6 is 27.5 Å². The second-order valence-electron chi connectivity index (χ2n) is 3.92. The van der Waals surface area contributed by atoms with Gasteiger partial charge in [0.1, 0.15) is 17.4 Å². The van der Waals surface area contributed by atoms with Gasteiger partial charge in [0.2, 0.25) is 0 Å². The van der Waals surface area contributed by atoms with Crippen LogP contribution in [0.15, 0.2) is 36.4 Å². The Labute approximate surface area is 123 Å². The largest absolute Gasteiger partial charge is 0.497 e. The molecule has 0 saturated carbocycles. The van der Waals surface area contributed by atoms with Crippen molar-refractivity contribution in [2.75, 3.05) is 7.11 Å². The normalized spacial score (nSPS) is 12.3. The minimum atomic E-state index is -0.659. The van der Waals surface area contributed by atoms with Crippen LogP contribution in [0.25, 0.3) is 0 Å².